The molecule has 0 radical (unpaired) electrons. The summed E-state index contributed by atoms with van der Waals surface area (Å²) in [4.78, 5) is 32.1. The highest BCUT2D eigenvalue weighted by Gasteiger charge is 2.26. The highest BCUT2D eigenvalue weighted by molar-refractivity contribution is 6.08. The summed E-state index contributed by atoms with van der Waals surface area (Å²) in [5.74, 6) is 1.87. The second kappa shape index (κ2) is 8.31. The van der Waals surface area contributed by atoms with Crippen LogP contribution in [-0.4, -0.2) is 60.8 Å². The van der Waals surface area contributed by atoms with Gasteiger partial charge in [-0.3, -0.25) is 9.79 Å². The zero-order chi connectivity index (χ0) is 20.3. The smallest absolute Gasteiger partial charge is 0.245 e. The number of anilines is 2. The van der Waals surface area contributed by atoms with Gasteiger partial charge in [0.05, 0.1) is 30.7 Å². The fourth-order valence-electron chi connectivity index (χ4n) is 4.11. The molecule has 0 saturated carbocycles. The number of fused-ring (bicyclic) bond motifs is 1. The first-order chi connectivity index (χ1) is 14.8. The van der Waals surface area contributed by atoms with E-state index in [1.165, 1.54) is 0 Å². The van der Waals surface area contributed by atoms with E-state index in [-0.39, 0.29) is 5.91 Å². The lowest BCUT2D eigenvalue weighted by molar-refractivity contribution is -0.115. The second-order valence-corrected chi connectivity index (χ2v) is 7.85. The van der Waals surface area contributed by atoms with Gasteiger partial charge in [0.25, 0.3) is 0 Å². The molecule has 0 bridgehead atoms. The molecule has 3 aliphatic heterocycles. The lowest BCUT2D eigenvalue weighted by atomic mass is 9.96. The third-order valence-electron chi connectivity index (χ3n) is 5.82. The first-order valence-corrected chi connectivity index (χ1v) is 10.4. The second-order valence-electron chi connectivity index (χ2n) is 7.85. The zero-order valence-electron chi connectivity index (χ0n) is 16.8. The number of aliphatic imine (C=N–C) groups is 2. The van der Waals surface area contributed by atoms with Gasteiger partial charge in [-0.05, 0) is 36.8 Å². The molecule has 1 aromatic heterocycles. The number of rotatable bonds is 5. The summed E-state index contributed by atoms with van der Waals surface area (Å²) in [5.41, 5.74) is 3.74. The quantitative estimate of drug-likeness (QED) is 0.827. The Bertz CT molecular complexity index is 1010. The van der Waals surface area contributed by atoms with E-state index >= 15 is 0 Å². The number of carbonyl (C=O) groups excluding carboxylic acids is 1. The Morgan fingerprint density at radius 3 is 2.90 bits per heavy atom. The van der Waals surface area contributed by atoms with E-state index in [1.54, 1.807) is 12.5 Å². The van der Waals surface area contributed by atoms with E-state index < -0.39 is 0 Å². The number of carbonyl (C=O) groups is 1. The normalized spacial score (nSPS) is 18.9. The minimum atomic E-state index is -0.0437. The maximum Gasteiger partial charge on any atom is 0.245 e. The molecule has 0 atom stereocenters. The maximum atomic E-state index is 12.2. The van der Waals surface area contributed by atoms with Crippen LogP contribution in [0, 0.1) is 5.92 Å². The molecule has 3 aliphatic rings. The molecule has 8 nitrogen and oxygen atoms in total. The van der Waals surface area contributed by atoms with E-state index in [0.29, 0.717) is 24.8 Å². The van der Waals surface area contributed by atoms with E-state index in [4.69, 9.17) is 9.72 Å². The van der Waals surface area contributed by atoms with Crippen LogP contribution in [0.4, 0.5) is 11.6 Å². The molecule has 1 aromatic carbocycles. The third kappa shape index (κ3) is 3.95. The number of aromatic nitrogens is 2. The number of nitrogens with zero attached hydrogens (tertiary/aromatic N) is 5. The third-order valence-corrected chi connectivity index (χ3v) is 5.82. The van der Waals surface area contributed by atoms with Gasteiger partial charge < -0.3 is 15.0 Å². The summed E-state index contributed by atoms with van der Waals surface area (Å²) >= 11 is 0. The molecular weight excluding hydrogens is 380 g/mol. The summed E-state index contributed by atoms with van der Waals surface area (Å²) in [6.45, 7) is 3.36. The van der Waals surface area contributed by atoms with Gasteiger partial charge in [-0.1, -0.05) is 18.2 Å². The summed E-state index contributed by atoms with van der Waals surface area (Å²) in [5, 5.41) is 2.85. The van der Waals surface area contributed by atoms with E-state index in [2.05, 4.69) is 31.3 Å². The van der Waals surface area contributed by atoms with Gasteiger partial charge in [0.15, 0.2) is 11.6 Å². The van der Waals surface area contributed by atoms with Crippen LogP contribution in [0.15, 0.2) is 40.4 Å². The predicted octanol–water partition coefficient (Wildman–Crippen LogP) is 2.55. The highest BCUT2D eigenvalue weighted by Crippen LogP contribution is 2.30. The SMILES string of the molecule is O=C1CN(CCC2CCOCC2)c2nc(-c3cccc(C4=NC=NC4)c3)cnc2N1. The van der Waals surface area contributed by atoms with Crippen LogP contribution in [-0.2, 0) is 9.53 Å². The summed E-state index contributed by atoms with van der Waals surface area (Å²) in [7, 11) is 0. The molecule has 154 valence electrons. The van der Waals surface area contributed by atoms with Crippen molar-refractivity contribution >= 4 is 29.6 Å². The van der Waals surface area contributed by atoms with Gasteiger partial charge in [-0.25, -0.2) is 15.0 Å². The van der Waals surface area contributed by atoms with Crippen molar-refractivity contribution in [3.05, 3.63) is 36.0 Å². The number of hydrogen-bond donors (Lipinski definition) is 1. The fraction of sp³-hybridized carbons (Fsp3) is 0.409. The Balaban J connectivity index is 1.40. The van der Waals surface area contributed by atoms with Crippen LogP contribution in [0.25, 0.3) is 11.3 Å². The molecule has 30 heavy (non-hydrogen) atoms. The Hall–Kier alpha value is -3.13. The van der Waals surface area contributed by atoms with E-state index in [0.717, 1.165) is 67.4 Å². The van der Waals surface area contributed by atoms with Gasteiger partial charge >= 0.3 is 0 Å². The van der Waals surface area contributed by atoms with Crippen molar-refractivity contribution in [3.8, 4) is 11.3 Å². The number of ether oxygens (including phenoxy) is 1. The van der Waals surface area contributed by atoms with Crippen molar-refractivity contribution in [2.75, 3.05) is 43.1 Å². The predicted molar refractivity (Wildman–Crippen MR) is 116 cm³/mol. The number of amides is 1. The summed E-state index contributed by atoms with van der Waals surface area (Å²) in [6.07, 6.45) is 6.50. The minimum Gasteiger partial charge on any atom is -0.381 e. The lowest BCUT2D eigenvalue weighted by Gasteiger charge is -2.31. The summed E-state index contributed by atoms with van der Waals surface area (Å²) in [6, 6.07) is 8.11. The van der Waals surface area contributed by atoms with E-state index in [1.807, 2.05) is 18.2 Å². The zero-order valence-corrected chi connectivity index (χ0v) is 16.8. The van der Waals surface area contributed by atoms with Crippen LogP contribution < -0.4 is 10.2 Å². The molecule has 8 heteroatoms. The number of benzene rings is 1. The van der Waals surface area contributed by atoms with Crippen molar-refractivity contribution in [1.29, 1.82) is 0 Å². The fourth-order valence-corrected chi connectivity index (χ4v) is 4.11. The number of nitrogens with one attached hydrogen (secondary N) is 1. The topological polar surface area (TPSA) is 92.1 Å². The Kier molecular flexibility index (Phi) is 5.23. The highest BCUT2D eigenvalue weighted by atomic mass is 16.5. The largest absolute Gasteiger partial charge is 0.381 e. The van der Waals surface area contributed by atoms with E-state index in [9.17, 15) is 4.79 Å². The molecule has 1 fully saturated rings. The standard InChI is InChI=1S/C22H24N6O2/c29-20-13-28(7-4-15-5-8-30-9-6-15)22-21(27-20)24-12-19(26-22)17-3-1-2-16(10-17)18-11-23-14-25-18/h1-3,10,12,14-15H,4-9,11,13H2,(H,24,27,29). The van der Waals surface area contributed by atoms with Crippen molar-refractivity contribution in [1.82, 2.24) is 9.97 Å². The lowest BCUT2D eigenvalue weighted by Crippen LogP contribution is -2.40. The Morgan fingerprint density at radius 2 is 2.07 bits per heavy atom. The minimum absolute atomic E-state index is 0.0437. The molecule has 0 aliphatic carbocycles. The van der Waals surface area contributed by atoms with Crippen molar-refractivity contribution in [2.45, 2.75) is 19.3 Å². The van der Waals surface area contributed by atoms with Crippen LogP contribution in [0.1, 0.15) is 24.8 Å². The van der Waals surface area contributed by atoms with Gasteiger partial charge in [-0.2, -0.15) is 0 Å². The van der Waals surface area contributed by atoms with Gasteiger partial charge in [0.2, 0.25) is 5.91 Å². The van der Waals surface area contributed by atoms with Crippen LogP contribution in [0.2, 0.25) is 0 Å². The Morgan fingerprint density at radius 1 is 1.20 bits per heavy atom. The van der Waals surface area contributed by atoms with Gasteiger partial charge in [0, 0.05) is 25.3 Å². The summed E-state index contributed by atoms with van der Waals surface area (Å²) < 4.78 is 5.46. The molecule has 0 spiro atoms. The van der Waals surface area contributed by atoms with Crippen LogP contribution in [0.5, 0.6) is 0 Å². The molecule has 4 heterocycles. The van der Waals surface area contributed by atoms with Crippen molar-refractivity contribution in [3.63, 3.8) is 0 Å². The van der Waals surface area contributed by atoms with Crippen molar-refractivity contribution < 1.29 is 9.53 Å². The van der Waals surface area contributed by atoms with Gasteiger partial charge in [-0.15, -0.1) is 0 Å². The molecule has 1 amide bonds. The average molecular weight is 404 g/mol. The monoisotopic (exact) mass is 404 g/mol. The maximum absolute atomic E-state index is 12.2. The Labute approximate surface area is 175 Å². The van der Waals surface area contributed by atoms with Crippen LogP contribution >= 0.6 is 0 Å². The molecule has 2 aromatic rings. The molecule has 1 N–H and O–H groups in total. The molecular formula is C22H24N6O2. The molecule has 1 saturated heterocycles. The first-order valence-electron chi connectivity index (χ1n) is 10.4. The molecule has 0 unspecified atom stereocenters. The first kappa shape index (κ1) is 18.9. The van der Waals surface area contributed by atoms with Crippen molar-refractivity contribution in [2.24, 2.45) is 15.9 Å². The average Bonchev–Trinajstić information content (AvgIpc) is 3.33. The van der Waals surface area contributed by atoms with Crippen LogP contribution in [0.3, 0.4) is 0 Å². The number of hydrogen-bond acceptors (Lipinski definition) is 7. The molecule has 5 rings (SSSR count). The van der Waals surface area contributed by atoms with Gasteiger partial charge in [0.1, 0.15) is 6.34 Å².